The molecule has 0 atom stereocenters. The van der Waals surface area contributed by atoms with Crippen molar-refractivity contribution in [2.75, 3.05) is 0 Å². The smallest absolute Gasteiger partial charge is 1.00 e. The zero-order valence-corrected chi connectivity index (χ0v) is 7.32. The molecule has 0 aliphatic heterocycles. The zero-order valence-electron chi connectivity index (χ0n) is 7.11. The summed E-state index contributed by atoms with van der Waals surface area (Å²) in [6, 6.07) is 2.95. The topological polar surface area (TPSA) is 59.7 Å². The van der Waals surface area contributed by atoms with Crippen LogP contribution < -0.4 is 4.74 Å². The van der Waals surface area contributed by atoms with Crippen LogP contribution in [0.2, 0.25) is 0 Å². The van der Waals surface area contributed by atoms with Gasteiger partial charge < -0.3 is 17.1 Å². The van der Waals surface area contributed by atoms with Gasteiger partial charge in [-0.05, 0) is 6.07 Å². The summed E-state index contributed by atoms with van der Waals surface area (Å²) in [5.41, 5.74) is 0. The first-order valence-corrected chi connectivity index (χ1v) is 2.23. The normalized spacial score (nSPS) is 8.00. The van der Waals surface area contributed by atoms with Gasteiger partial charge in [0.25, 0.3) is 5.95 Å². The van der Waals surface area contributed by atoms with Crippen LogP contribution in [0.15, 0.2) is 22.8 Å². The van der Waals surface area contributed by atoms with Crippen LogP contribution in [0.4, 0.5) is 4.79 Å². The van der Waals surface area contributed by atoms with Gasteiger partial charge in [0.2, 0.25) is 0 Å². The molecule has 5 heteroatoms. The number of carboxylic acid groups (broad SMARTS) is 1. The van der Waals surface area contributed by atoms with Crippen LogP contribution in [0.1, 0.15) is 2.85 Å². The first kappa shape index (κ1) is 9.81. The fourth-order valence-corrected chi connectivity index (χ4v) is 0.408. The summed E-state index contributed by atoms with van der Waals surface area (Å²) in [6.07, 6.45) is -0.0388. The summed E-state index contributed by atoms with van der Waals surface area (Å²) in [4.78, 5) is 9.78. The predicted octanol–water partition coefficient (Wildman–Crippen LogP) is 1.18. The molecule has 1 heterocycles. The van der Waals surface area contributed by atoms with Crippen LogP contribution >= 0.6 is 0 Å². The third kappa shape index (κ3) is 3.10. The summed E-state index contributed by atoms with van der Waals surface area (Å²) in [6.45, 7) is 0. The molecule has 0 radical (unpaired) electrons. The van der Waals surface area contributed by atoms with Crippen molar-refractivity contribution in [3.05, 3.63) is 18.4 Å². The molecule has 0 fully saturated rings. The van der Waals surface area contributed by atoms with Gasteiger partial charge in [-0.2, -0.15) is 0 Å². The molecule has 52 valence electrons. The predicted molar refractivity (Wildman–Crippen MR) is 35.3 cm³/mol. The summed E-state index contributed by atoms with van der Waals surface area (Å²) in [5.74, 6) is -0.0116. The van der Waals surface area contributed by atoms with E-state index < -0.39 is 6.16 Å². The molecule has 0 aliphatic rings. The number of hydrogen-bond donors (Lipinski definition) is 1. The van der Waals surface area contributed by atoms with Crippen molar-refractivity contribution >= 4 is 43.9 Å². The van der Waals surface area contributed by atoms with E-state index in [0.717, 1.165) is 0 Å². The summed E-state index contributed by atoms with van der Waals surface area (Å²) in [7, 11) is 0. The minimum atomic E-state index is -1.37. The van der Waals surface area contributed by atoms with Crippen LogP contribution in [0, 0.1) is 0 Å². The molecule has 0 aromatic carbocycles. The molecule has 1 rings (SSSR count). The Hall–Kier alpha value is -0.190. The van der Waals surface area contributed by atoms with Crippen LogP contribution in [-0.4, -0.2) is 49.0 Å². The van der Waals surface area contributed by atoms with E-state index in [0.29, 0.717) is 0 Å². The average molecular weight is 170 g/mol. The first-order valence-electron chi connectivity index (χ1n) is 2.23. The first-order chi connectivity index (χ1) is 4.29. The van der Waals surface area contributed by atoms with Crippen molar-refractivity contribution in [1.29, 1.82) is 0 Å². The third-order valence-corrected chi connectivity index (χ3v) is 0.683. The van der Waals surface area contributed by atoms with E-state index in [4.69, 9.17) is 5.11 Å². The molecule has 10 heavy (non-hydrogen) atoms. The number of hydrogen-bond acceptors (Lipinski definition) is 3. The maximum absolute atomic E-state index is 9.78. The number of ether oxygens (including phenoxy) is 1. The minimum absolute atomic E-state index is 0. The van der Waals surface area contributed by atoms with Crippen molar-refractivity contribution in [2.24, 2.45) is 0 Å². The van der Waals surface area contributed by atoms with Gasteiger partial charge in [0.15, 0.2) is 0 Å². The molecule has 0 unspecified atom stereocenters. The van der Waals surface area contributed by atoms with Gasteiger partial charge >= 0.3 is 43.9 Å². The Bertz CT molecular complexity index is 201. The largest absolute Gasteiger partial charge is 2.00 e. The van der Waals surface area contributed by atoms with Crippen molar-refractivity contribution in [3.63, 3.8) is 0 Å². The van der Waals surface area contributed by atoms with E-state index in [1.165, 1.54) is 18.4 Å². The maximum atomic E-state index is 9.78. The number of furan rings is 1. The van der Waals surface area contributed by atoms with Gasteiger partial charge in [-0.1, -0.05) is 0 Å². The van der Waals surface area contributed by atoms with Crippen LogP contribution in [-0.2, 0) is 0 Å². The molecule has 0 amide bonds. The molecule has 0 aliphatic carbocycles. The maximum Gasteiger partial charge on any atom is 2.00 e. The molecule has 1 N–H and O–H groups in total. The number of rotatable bonds is 1. The van der Waals surface area contributed by atoms with E-state index in [9.17, 15) is 4.79 Å². The summed E-state index contributed by atoms with van der Waals surface area (Å²) in [5, 5.41) is 8.00. The number of carbonyl (C=O) groups is 1. The van der Waals surface area contributed by atoms with Crippen LogP contribution in [0.25, 0.3) is 0 Å². The van der Waals surface area contributed by atoms with Gasteiger partial charge in [0.1, 0.15) is 0 Å². The van der Waals surface area contributed by atoms with Crippen molar-refractivity contribution in [3.8, 4) is 5.95 Å². The second-order valence-electron chi connectivity index (χ2n) is 1.30. The Morgan fingerprint density at radius 2 is 2.50 bits per heavy atom. The van der Waals surface area contributed by atoms with E-state index in [1.807, 2.05) is 0 Å². The average Bonchev–Trinajstić information content (AvgIpc) is 2.15. The summed E-state index contributed by atoms with van der Waals surface area (Å²) < 4.78 is 8.65. The minimum Gasteiger partial charge on any atom is -1.00 e. The molecular formula is C5H6CaO4. The molecule has 0 spiro atoms. The Kier molecular flexibility index (Phi) is 4.51. The van der Waals surface area contributed by atoms with Crippen molar-refractivity contribution in [2.45, 2.75) is 0 Å². The van der Waals surface area contributed by atoms with E-state index in [-0.39, 0.29) is 46.5 Å². The second-order valence-corrected chi connectivity index (χ2v) is 1.30. The molecule has 1 aromatic heterocycles. The molecule has 0 saturated heterocycles. The van der Waals surface area contributed by atoms with Crippen LogP contribution in [0.5, 0.6) is 5.95 Å². The molecule has 1 aromatic rings. The fourth-order valence-electron chi connectivity index (χ4n) is 0.408. The van der Waals surface area contributed by atoms with Gasteiger partial charge in [0, 0.05) is 6.07 Å². The van der Waals surface area contributed by atoms with Crippen LogP contribution in [0.3, 0.4) is 0 Å². The Labute approximate surface area is 89.7 Å². The van der Waals surface area contributed by atoms with Crippen molar-refractivity contribution < 1.29 is 21.9 Å². The SMILES string of the molecule is O=C(O)Oc1ccco1.[Ca+2].[H-].[H-]. The quantitative estimate of drug-likeness (QED) is 0.508. The Morgan fingerprint density at radius 3 is 2.90 bits per heavy atom. The standard InChI is InChI=1S/C5H4O4.Ca.2H/c6-5(7)9-4-2-1-3-8-4;;;/h1-3H,(H,6,7);;;/q;+2;2*-1. The van der Waals surface area contributed by atoms with E-state index in [2.05, 4.69) is 9.15 Å². The zero-order chi connectivity index (χ0) is 6.69. The Balaban J connectivity index is -0.000000270. The molecule has 4 nitrogen and oxygen atoms in total. The molecule has 0 saturated carbocycles. The van der Waals surface area contributed by atoms with Gasteiger partial charge in [-0.25, -0.2) is 4.79 Å². The van der Waals surface area contributed by atoms with E-state index in [1.54, 1.807) is 0 Å². The second kappa shape index (κ2) is 4.60. The van der Waals surface area contributed by atoms with E-state index >= 15 is 0 Å². The summed E-state index contributed by atoms with van der Waals surface area (Å²) >= 11 is 0. The van der Waals surface area contributed by atoms with Gasteiger partial charge in [0.05, 0.1) is 6.26 Å². The monoisotopic (exact) mass is 170 g/mol. The molecular weight excluding hydrogens is 164 g/mol. The molecule has 0 bridgehead atoms. The van der Waals surface area contributed by atoms with Crippen molar-refractivity contribution in [1.82, 2.24) is 0 Å². The van der Waals surface area contributed by atoms with Gasteiger partial charge in [-0.3, -0.25) is 0 Å². The third-order valence-electron chi connectivity index (χ3n) is 0.683. The fraction of sp³-hybridized carbons (Fsp3) is 0. The Morgan fingerprint density at radius 1 is 1.80 bits per heavy atom. The van der Waals surface area contributed by atoms with Gasteiger partial charge in [-0.15, -0.1) is 0 Å².